The molecule has 1 unspecified atom stereocenters. The van der Waals surface area contributed by atoms with E-state index in [-0.39, 0.29) is 24.4 Å². The number of hydrogen-bond acceptors (Lipinski definition) is 4. The molecule has 4 rings (SSSR count). The molecule has 2 atom stereocenters. The van der Waals surface area contributed by atoms with E-state index in [0.717, 1.165) is 24.1 Å². The SMILES string of the molecule is COc1c2c(cc3c1[C@H](CC(=O)c1ccc(F)cc1)[NH+](C)CC3)OCO2. The van der Waals surface area contributed by atoms with E-state index in [1.807, 2.05) is 6.07 Å². The Balaban J connectivity index is 1.71. The van der Waals surface area contributed by atoms with Gasteiger partial charge in [0.05, 0.1) is 32.7 Å². The van der Waals surface area contributed by atoms with Gasteiger partial charge >= 0.3 is 0 Å². The van der Waals surface area contributed by atoms with Crippen molar-refractivity contribution in [3.05, 3.63) is 52.8 Å². The van der Waals surface area contributed by atoms with Crippen LogP contribution >= 0.6 is 0 Å². The summed E-state index contributed by atoms with van der Waals surface area (Å²) in [5.74, 6) is 1.61. The molecule has 0 fully saturated rings. The first-order valence-corrected chi connectivity index (χ1v) is 8.69. The minimum absolute atomic E-state index is 0.0121. The summed E-state index contributed by atoms with van der Waals surface area (Å²) < 4.78 is 29.9. The number of benzene rings is 2. The molecule has 1 N–H and O–H groups in total. The number of carbonyl (C=O) groups is 1. The summed E-state index contributed by atoms with van der Waals surface area (Å²) in [4.78, 5) is 14.0. The number of likely N-dealkylation sites (N-methyl/N-ethyl adjacent to an activating group) is 1. The number of hydrogen-bond donors (Lipinski definition) is 1. The van der Waals surface area contributed by atoms with Crippen molar-refractivity contribution in [3.63, 3.8) is 0 Å². The number of carbonyl (C=O) groups excluding carboxylic acids is 1. The number of Topliss-reactive ketones (excluding diaryl/α,β-unsaturated/α-hetero) is 1. The normalized spacial score (nSPS) is 20.6. The van der Waals surface area contributed by atoms with Crippen LogP contribution in [0.2, 0.25) is 0 Å². The van der Waals surface area contributed by atoms with Gasteiger partial charge in [-0.2, -0.15) is 0 Å². The summed E-state index contributed by atoms with van der Waals surface area (Å²) in [6, 6.07) is 7.65. The van der Waals surface area contributed by atoms with E-state index in [9.17, 15) is 9.18 Å². The van der Waals surface area contributed by atoms with Gasteiger partial charge in [-0.05, 0) is 35.9 Å². The number of methoxy groups -OCH3 is 1. The molecule has 2 aromatic carbocycles. The Morgan fingerprint density at radius 3 is 2.81 bits per heavy atom. The minimum atomic E-state index is -0.346. The molecule has 6 heteroatoms. The second-order valence-electron chi connectivity index (χ2n) is 6.75. The molecule has 0 bridgehead atoms. The van der Waals surface area contributed by atoms with Crippen LogP contribution in [0.3, 0.4) is 0 Å². The van der Waals surface area contributed by atoms with Crippen LogP contribution in [0.1, 0.15) is 33.9 Å². The lowest BCUT2D eigenvalue weighted by Crippen LogP contribution is -3.10. The monoisotopic (exact) mass is 358 g/mol. The second-order valence-corrected chi connectivity index (χ2v) is 6.75. The van der Waals surface area contributed by atoms with E-state index < -0.39 is 0 Å². The highest BCUT2D eigenvalue weighted by atomic mass is 19.1. The number of fused-ring (bicyclic) bond motifs is 2. The summed E-state index contributed by atoms with van der Waals surface area (Å²) in [5.41, 5.74) is 2.66. The Morgan fingerprint density at radius 2 is 2.08 bits per heavy atom. The third-order valence-corrected chi connectivity index (χ3v) is 5.24. The zero-order valence-electron chi connectivity index (χ0n) is 14.8. The van der Waals surface area contributed by atoms with Crippen molar-refractivity contribution < 1.29 is 28.3 Å². The molecule has 0 amide bonds. The molecule has 136 valence electrons. The maximum atomic E-state index is 13.1. The van der Waals surface area contributed by atoms with Crippen molar-refractivity contribution in [1.82, 2.24) is 0 Å². The molecular formula is C20H21FNO4+. The Labute approximate surface area is 151 Å². The summed E-state index contributed by atoms with van der Waals surface area (Å²) in [7, 11) is 3.69. The van der Waals surface area contributed by atoms with Gasteiger partial charge in [0.25, 0.3) is 0 Å². The van der Waals surface area contributed by atoms with Crippen molar-refractivity contribution >= 4 is 5.78 Å². The van der Waals surface area contributed by atoms with Crippen LogP contribution in [-0.4, -0.2) is 33.3 Å². The van der Waals surface area contributed by atoms with Gasteiger partial charge in [0, 0.05) is 12.0 Å². The fraction of sp³-hybridized carbons (Fsp3) is 0.350. The summed E-state index contributed by atoms with van der Waals surface area (Å²) >= 11 is 0. The van der Waals surface area contributed by atoms with Crippen LogP contribution in [0.5, 0.6) is 17.2 Å². The zero-order valence-corrected chi connectivity index (χ0v) is 14.8. The van der Waals surface area contributed by atoms with Crippen LogP contribution in [0, 0.1) is 5.82 Å². The third-order valence-electron chi connectivity index (χ3n) is 5.24. The highest BCUT2D eigenvalue weighted by Gasteiger charge is 2.37. The second kappa shape index (κ2) is 6.61. The number of nitrogens with one attached hydrogen (secondary N) is 1. The van der Waals surface area contributed by atoms with Gasteiger partial charge in [-0.15, -0.1) is 0 Å². The van der Waals surface area contributed by atoms with Crippen molar-refractivity contribution in [2.45, 2.75) is 18.9 Å². The summed E-state index contributed by atoms with van der Waals surface area (Å²) in [6.45, 7) is 1.09. The van der Waals surface area contributed by atoms with Gasteiger partial charge in [-0.3, -0.25) is 4.79 Å². The minimum Gasteiger partial charge on any atom is -0.492 e. The van der Waals surface area contributed by atoms with Crippen LogP contribution in [-0.2, 0) is 6.42 Å². The number of quaternary nitrogens is 1. The van der Waals surface area contributed by atoms with E-state index in [1.165, 1.54) is 29.2 Å². The predicted molar refractivity (Wildman–Crippen MR) is 92.7 cm³/mol. The molecule has 0 aliphatic carbocycles. The molecule has 0 saturated carbocycles. The molecule has 5 nitrogen and oxygen atoms in total. The standard InChI is InChI=1S/C20H20FNO4/c1-22-8-7-13-9-17-19(26-11-25-17)20(24-2)18(13)15(22)10-16(23)12-3-5-14(21)6-4-12/h3-6,9,15H,7-8,10-11H2,1-2H3/p+1/t15-/m0/s1. The summed E-state index contributed by atoms with van der Waals surface area (Å²) in [6.07, 6.45) is 1.20. The molecule has 0 spiro atoms. The number of ether oxygens (including phenoxy) is 3. The molecule has 2 aliphatic heterocycles. The average molecular weight is 358 g/mol. The maximum absolute atomic E-state index is 13.1. The first-order chi connectivity index (χ1) is 12.6. The van der Waals surface area contributed by atoms with Crippen molar-refractivity contribution in [2.75, 3.05) is 27.5 Å². The predicted octanol–water partition coefficient (Wildman–Crippen LogP) is 1.95. The van der Waals surface area contributed by atoms with E-state index in [1.54, 1.807) is 7.11 Å². The quantitative estimate of drug-likeness (QED) is 0.849. The molecule has 0 saturated heterocycles. The number of ketones is 1. The smallest absolute Gasteiger partial charge is 0.231 e. The molecule has 0 radical (unpaired) electrons. The number of halogens is 1. The highest BCUT2D eigenvalue weighted by molar-refractivity contribution is 5.96. The van der Waals surface area contributed by atoms with Gasteiger partial charge in [0.15, 0.2) is 17.3 Å². The third kappa shape index (κ3) is 2.80. The number of rotatable bonds is 4. The van der Waals surface area contributed by atoms with Crippen LogP contribution in [0.25, 0.3) is 0 Å². The average Bonchev–Trinajstić information content (AvgIpc) is 3.11. The maximum Gasteiger partial charge on any atom is 0.231 e. The Morgan fingerprint density at radius 1 is 1.31 bits per heavy atom. The Kier molecular flexibility index (Phi) is 4.28. The lowest BCUT2D eigenvalue weighted by Gasteiger charge is -2.32. The molecule has 2 heterocycles. The fourth-order valence-corrected chi connectivity index (χ4v) is 3.84. The molecule has 26 heavy (non-hydrogen) atoms. The lowest BCUT2D eigenvalue weighted by molar-refractivity contribution is -0.913. The van der Waals surface area contributed by atoms with Crippen molar-refractivity contribution in [1.29, 1.82) is 0 Å². The Bertz CT molecular complexity index is 850. The van der Waals surface area contributed by atoms with Crippen molar-refractivity contribution in [3.8, 4) is 17.2 Å². The zero-order chi connectivity index (χ0) is 18.3. The van der Waals surface area contributed by atoms with E-state index in [4.69, 9.17) is 14.2 Å². The molecular weight excluding hydrogens is 337 g/mol. The van der Waals surface area contributed by atoms with Gasteiger partial charge in [-0.25, -0.2) is 4.39 Å². The Hall–Kier alpha value is -2.60. The van der Waals surface area contributed by atoms with Crippen LogP contribution in [0.4, 0.5) is 4.39 Å². The first kappa shape index (κ1) is 16.8. The molecule has 2 aliphatic rings. The van der Waals surface area contributed by atoms with Gasteiger partial charge in [0.1, 0.15) is 11.9 Å². The van der Waals surface area contributed by atoms with Gasteiger partial charge < -0.3 is 19.1 Å². The highest BCUT2D eigenvalue weighted by Crippen LogP contribution is 2.47. The molecule has 0 aromatic heterocycles. The summed E-state index contributed by atoms with van der Waals surface area (Å²) in [5, 5.41) is 0. The largest absolute Gasteiger partial charge is 0.492 e. The van der Waals surface area contributed by atoms with Gasteiger partial charge in [-0.1, -0.05) is 0 Å². The van der Waals surface area contributed by atoms with E-state index in [0.29, 0.717) is 29.2 Å². The van der Waals surface area contributed by atoms with Crippen LogP contribution in [0.15, 0.2) is 30.3 Å². The molecule has 2 aromatic rings. The van der Waals surface area contributed by atoms with E-state index in [2.05, 4.69) is 7.05 Å². The topological polar surface area (TPSA) is 49.2 Å². The van der Waals surface area contributed by atoms with Crippen molar-refractivity contribution in [2.24, 2.45) is 0 Å². The first-order valence-electron chi connectivity index (χ1n) is 8.69. The van der Waals surface area contributed by atoms with E-state index >= 15 is 0 Å². The fourth-order valence-electron chi connectivity index (χ4n) is 3.84. The van der Waals surface area contributed by atoms with Gasteiger partial charge in [0.2, 0.25) is 12.5 Å². The van der Waals surface area contributed by atoms with Crippen LogP contribution < -0.4 is 19.1 Å². The lowest BCUT2D eigenvalue weighted by atomic mass is 9.87.